The Labute approximate surface area is 90.1 Å². The van der Waals surface area contributed by atoms with Crippen molar-refractivity contribution >= 4 is 16.6 Å². The first kappa shape index (κ1) is 9.97. The number of benzene rings is 1. The van der Waals surface area contributed by atoms with E-state index >= 15 is 0 Å². The third-order valence-electron chi connectivity index (χ3n) is 2.96. The first-order chi connectivity index (χ1) is 7.00. The second-order valence-electron chi connectivity index (χ2n) is 4.21. The predicted octanol–water partition coefficient (Wildman–Crippen LogP) is 3.05. The van der Waals surface area contributed by atoms with Crippen LogP contribution in [0.3, 0.4) is 0 Å². The molecule has 1 heterocycles. The molecule has 1 aromatic carbocycles. The fourth-order valence-electron chi connectivity index (χ4n) is 2.03. The van der Waals surface area contributed by atoms with E-state index < -0.39 is 0 Å². The molecule has 0 unspecified atom stereocenters. The zero-order chi connectivity index (χ0) is 11.2. The van der Waals surface area contributed by atoms with E-state index in [1.807, 2.05) is 13.8 Å². The highest BCUT2D eigenvalue weighted by molar-refractivity contribution is 5.95. The molecule has 2 rings (SSSR count). The molecule has 2 nitrogen and oxygen atoms in total. The smallest absolute Gasteiger partial charge is 0.0731 e. The van der Waals surface area contributed by atoms with Gasteiger partial charge < -0.3 is 5.73 Å². The second-order valence-corrected chi connectivity index (χ2v) is 4.21. The molecule has 0 atom stereocenters. The lowest BCUT2D eigenvalue weighted by Gasteiger charge is -2.11. The summed E-state index contributed by atoms with van der Waals surface area (Å²) in [5.74, 6) is 0. The first-order valence-corrected chi connectivity index (χ1v) is 5.14. The Kier molecular flexibility index (Phi) is 2.14. The summed E-state index contributed by atoms with van der Waals surface area (Å²) in [7, 11) is 0. The van der Waals surface area contributed by atoms with Crippen molar-refractivity contribution < 1.29 is 0 Å². The quantitative estimate of drug-likeness (QED) is 0.709. The van der Waals surface area contributed by atoms with Crippen LogP contribution in [0.4, 0.5) is 5.69 Å². The molecule has 0 amide bonds. The molecule has 1 aromatic heterocycles. The highest BCUT2D eigenvalue weighted by Crippen LogP contribution is 2.28. The molecule has 0 aliphatic heterocycles. The molecule has 78 valence electrons. The molecule has 0 bridgehead atoms. The monoisotopic (exact) mass is 200 g/mol. The van der Waals surface area contributed by atoms with Crippen LogP contribution in [0.2, 0.25) is 0 Å². The van der Waals surface area contributed by atoms with E-state index in [1.165, 1.54) is 11.1 Å². The largest absolute Gasteiger partial charge is 0.398 e. The van der Waals surface area contributed by atoms with Crippen LogP contribution >= 0.6 is 0 Å². The van der Waals surface area contributed by atoms with Crippen molar-refractivity contribution in [2.24, 2.45) is 0 Å². The van der Waals surface area contributed by atoms with Crippen LogP contribution in [0.15, 0.2) is 12.1 Å². The Morgan fingerprint density at radius 1 is 1.07 bits per heavy atom. The van der Waals surface area contributed by atoms with Crippen LogP contribution < -0.4 is 5.73 Å². The third kappa shape index (κ3) is 1.46. The topological polar surface area (TPSA) is 38.9 Å². The number of nitrogens with two attached hydrogens (primary N) is 1. The summed E-state index contributed by atoms with van der Waals surface area (Å²) in [4.78, 5) is 4.58. The molecular weight excluding hydrogens is 184 g/mol. The van der Waals surface area contributed by atoms with Gasteiger partial charge in [0.05, 0.1) is 5.52 Å². The van der Waals surface area contributed by atoms with Gasteiger partial charge in [-0.1, -0.05) is 6.07 Å². The summed E-state index contributed by atoms with van der Waals surface area (Å²) in [6, 6.07) is 4.24. The lowest BCUT2D eigenvalue weighted by molar-refractivity contribution is 1.19. The minimum absolute atomic E-state index is 0.870. The number of rotatable bonds is 0. The number of anilines is 1. The lowest BCUT2D eigenvalue weighted by atomic mass is 10.0. The number of pyridine rings is 1. The van der Waals surface area contributed by atoms with E-state index in [-0.39, 0.29) is 0 Å². The average molecular weight is 200 g/mol. The number of fused-ring (bicyclic) bond motifs is 1. The van der Waals surface area contributed by atoms with Gasteiger partial charge in [-0.3, -0.25) is 4.98 Å². The maximum atomic E-state index is 6.13. The van der Waals surface area contributed by atoms with Gasteiger partial charge >= 0.3 is 0 Å². The summed E-state index contributed by atoms with van der Waals surface area (Å²) in [6.07, 6.45) is 0. The standard InChI is InChI=1S/C13H16N2/c1-7-5-8(2)12-11(6-7)15-10(4)9(3)13(12)14/h5-6H,1-4H3,(H2,14,15). The summed E-state index contributed by atoms with van der Waals surface area (Å²) in [6.45, 7) is 8.20. The van der Waals surface area contributed by atoms with Gasteiger partial charge in [0.15, 0.2) is 0 Å². The van der Waals surface area contributed by atoms with E-state index in [9.17, 15) is 0 Å². The van der Waals surface area contributed by atoms with E-state index in [1.54, 1.807) is 0 Å². The van der Waals surface area contributed by atoms with E-state index in [2.05, 4.69) is 31.0 Å². The van der Waals surface area contributed by atoms with Crippen LogP contribution in [-0.2, 0) is 0 Å². The molecule has 0 aliphatic rings. The average Bonchev–Trinajstić information content (AvgIpc) is 2.13. The van der Waals surface area contributed by atoms with Crippen LogP contribution in [0, 0.1) is 27.7 Å². The van der Waals surface area contributed by atoms with Gasteiger partial charge in [0, 0.05) is 16.8 Å². The molecule has 0 spiro atoms. The normalized spacial score (nSPS) is 10.9. The number of aryl methyl sites for hydroxylation is 3. The van der Waals surface area contributed by atoms with Gasteiger partial charge in [-0.05, 0) is 50.5 Å². The Hall–Kier alpha value is -1.57. The molecule has 0 saturated heterocycles. The highest BCUT2D eigenvalue weighted by atomic mass is 14.7. The van der Waals surface area contributed by atoms with E-state index in [0.29, 0.717) is 0 Å². The molecule has 2 aromatic rings. The van der Waals surface area contributed by atoms with Crippen molar-refractivity contribution in [2.45, 2.75) is 27.7 Å². The van der Waals surface area contributed by atoms with Crippen molar-refractivity contribution in [3.8, 4) is 0 Å². The molecule has 15 heavy (non-hydrogen) atoms. The van der Waals surface area contributed by atoms with Gasteiger partial charge in [0.1, 0.15) is 0 Å². The third-order valence-corrected chi connectivity index (χ3v) is 2.96. The van der Waals surface area contributed by atoms with Crippen LogP contribution in [0.1, 0.15) is 22.4 Å². The fraction of sp³-hybridized carbons (Fsp3) is 0.308. The Bertz CT molecular complexity index is 542. The number of nitrogen functional groups attached to an aromatic ring is 1. The molecule has 0 saturated carbocycles. The van der Waals surface area contributed by atoms with Crippen molar-refractivity contribution in [2.75, 3.05) is 5.73 Å². The van der Waals surface area contributed by atoms with Gasteiger partial charge in [-0.15, -0.1) is 0 Å². The van der Waals surface area contributed by atoms with E-state index in [0.717, 1.165) is 27.8 Å². The number of nitrogens with zero attached hydrogens (tertiary/aromatic N) is 1. The maximum Gasteiger partial charge on any atom is 0.0731 e. The second kappa shape index (κ2) is 3.23. The van der Waals surface area contributed by atoms with Gasteiger partial charge in [-0.2, -0.15) is 0 Å². The minimum Gasteiger partial charge on any atom is -0.398 e. The lowest BCUT2D eigenvalue weighted by Crippen LogP contribution is -1.99. The van der Waals surface area contributed by atoms with Crippen molar-refractivity contribution in [3.63, 3.8) is 0 Å². The molecule has 2 heteroatoms. The SMILES string of the molecule is Cc1cc(C)c2c(N)c(C)c(C)nc2c1. The van der Waals surface area contributed by atoms with Crippen molar-refractivity contribution in [3.05, 3.63) is 34.5 Å². The first-order valence-electron chi connectivity index (χ1n) is 5.14. The fourth-order valence-corrected chi connectivity index (χ4v) is 2.03. The van der Waals surface area contributed by atoms with Crippen molar-refractivity contribution in [1.82, 2.24) is 4.98 Å². The summed E-state index contributed by atoms with van der Waals surface area (Å²) in [5.41, 5.74) is 12.6. The summed E-state index contributed by atoms with van der Waals surface area (Å²) < 4.78 is 0. The Morgan fingerprint density at radius 2 is 1.73 bits per heavy atom. The van der Waals surface area contributed by atoms with Crippen LogP contribution in [0.25, 0.3) is 10.9 Å². The van der Waals surface area contributed by atoms with Crippen LogP contribution in [0.5, 0.6) is 0 Å². The van der Waals surface area contributed by atoms with E-state index in [4.69, 9.17) is 5.73 Å². The molecule has 2 N–H and O–H groups in total. The Balaban J connectivity index is 2.99. The summed E-state index contributed by atoms with van der Waals surface area (Å²) >= 11 is 0. The number of hydrogen-bond acceptors (Lipinski definition) is 2. The predicted molar refractivity (Wildman–Crippen MR) is 65.1 cm³/mol. The number of aromatic nitrogens is 1. The van der Waals surface area contributed by atoms with Gasteiger partial charge in [0.25, 0.3) is 0 Å². The van der Waals surface area contributed by atoms with Gasteiger partial charge in [0.2, 0.25) is 0 Å². The molecule has 0 aliphatic carbocycles. The zero-order valence-electron chi connectivity index (χ0n) is 9.68. The zero-order valence-corrected chi connectivity index (χ0v) is 9.68. The minimum atomic E-state index is 0.870. The summed E-state index contributed by atoms with van der Waals surface area (Å²) in [5, 5.41) is 1.10. The molecule has 0 radical (unpaired) electrons. The van der Waals surface area contributed by atoms with Crippen LogP contribution in [-0.4, -0.2) is 4.98 Å². The maximum absolute atomic E-state index is 6.13. The molecule has 0 fully saturated rings. The molecular formula is C13H16N2. The number of hydrogen-bond donors (Lipinski definition) is 1. The highest BCUT2D eigenvalue weighted by Gasteiger charge is 2.08. The Morgan fingerprint density at radius 3 is 2.40 bits per heavy atom. The van der Waals surface area contributed by atoms with Gasteiger partial charge in [-0.25, -0.2) is 0 Å². The van der Waals surface area contributed by atoms with Crippen molar-refractivity contribution in [1.29, 1.82) is 0 Å².